The Bertz CT molecular complexity index is 193. The largest absolute Gasteiger partial charge is 0.325 e. The minimum absolute atomic E-state index is 0.271. The summed E-state index contributed by atoms with van der Waals surface area (Å²) in [6.07, 6.45) is 9.68. The Balaban J connectivity index is 1.84. The Morgan fingerprint density at radius 3 is 2.14 bits per heavy atom. The van der Waals surface area contributed by atoms with Gasteiger partial charge in [-0.25, -0.2) is 0 Å². The first kappa shape index (κ1) is 10.5. The molecule has 2 rings (SSSR count). The summed E-state index contributed by atoms with van der Waals surface area (Å²) in [6, 6.07) is 0. The lowest BCUT2D eigenvalue weighted by atomic mass is 9.76. The lowest BCUT2D eigenvalue weighted by molar-refractivity contribution is 0.219. The van der Waals surface area contributed by atoms with E-state index < -0.39 is 0 Å². The predicted octanol–water partition coefficient (Wildman–Crippen LogP) is 3.33. The van der Waals surface area contributed by atoms with Gasteiger partial charge in [-0.3, -0.25) is 0 Å². The molecule has 0 spiro atoms. The second-order valence-corrected chi connectivity index (χ2v) is 5.55. The monoisotopic (exact) mass is 195 g/mol. The van der Waals surface area contributed by atoms with Gasteiger partial charge in [-0.2, -0.15) is 0 Å². The van der Waals surface area contributed by atoms with Crippen molar-refractivity contribution in [1.29, 1.82) is 0 Å². The molecule has 82 valence electrons. The first-order valence-electron chi connectivity index (χ1n) is 6.49. The van der Waals surface area contributed by atoms with Crippen LogP contribution in [0.2, 0.25) is 0 Å². The van der Waals surface area contributed by atoms with Crippen molar-refractivity contribution in [3.63, 3.8) is 0 Å². The minimum Gasteiger partial charge on any atom is -0.325 e. The Labute approximate surface area is 88.4 Å². The van der Waals surface area contributed by atoms with Crippen LogP contribution in [0.1, 0.15) is 58.8 Å². The van der Waals surface area contributed by atoms with Gasteiger partial charge in [0.05, 0.1) is 0 Å². The smallest absolute Gasteiger partial charge is 0.0215 e. The van der Waals surface area contributed by atoms with E-state index >= 15 is 0 Å². The van der Waals surface area contributed by atoms with Crippen molar-refractivity contribution in [3.8, 4) is 0 Å². The van der Waals surface area contributed by atoms with E-state index in [1.165, 1.54) is 44.9 Å². The summed E-state index contributed by atoms with van der Waals surface area (Å²) in [6.45, 7) is 4.62. The molecule has 0 amide bonds. The second kappa shape index (κ2) is 3.84. The van der Waals surface area contributed by atoms with Crippen LogP contribution in [0.5, 0.6) is 0 Å². The van der Waals surface area contributed by atoms with Gasteiger partial charge in [-0.15, -0.1) is 0 Å². The molecule has 2 atom stereocenters. The van der Waals surface area contributed by atoms with Gasteiger partial charge in [0.1, 0.15) is 0 Å². The van der Waals surface area contributed by atoms with E-state index in [1.807, 2.05) is 0 Å². The van der Waals surface area contributed by atoms with Gasteiger partial charge in [0.15, 0.2) is 0 Å². The molecular formula is C13H25N. The Morgan fingerprint density at radius 1 is 1.07 bits per heavy atom. The summed E-state index contributed by atoms with van der Waals surface area (Å²) in [5.74, 6) is 2.72. The first-order valence-corrected chi connectivity index (χ1v) is 6.49. The molecule has 0 aromatic rings. The fourth-order valence-electron chi connectivity index (χ4n) is 3.50. The Hall–Kier alpha value is -0.0400. The van der Waals surface area contributed by atoms with Crippen molar-refractivity contribution in [2.75, 3.05) is 0 Å². The van der Waals surface area contributed by atoms with E-state index in [1.54, 1.807) is 0 Å². The third kappa shape index (κ3) is 1.71. The second-order valence-electron chi connectivity index (χ2n) is 5.55. The van der Waals surface area contributed by atoms with E-state index in [-0.39, 0.29) is 5.54 Å². The zero-order valence-corrected chi connectivity index (χ0v) is 9.76. The molecule has 0 aromatic carbocycles. The van der Waals surface area contributed by atoms with E-state index in [0.717, 1.165) is 17.8 Å². The summed E-state index contributed by atoms with van der Waals surface area (Å²) < 4.78 is 0. The Morgan fingerprint density at radius 2 is 1.71 bits per heavy atom. The van der Waals surface area contributed by atoms with Crippen LogP contribution in [0.4, 0.5) is 0 Å². The van der Waals surface area contributed by atoms with Gasteiger partial charge in [-0.05, 0) is 37.0 Å². The fraction of sp³-hybridized carbons (Fsp3) is 1.00. The molecule has 2 N–H and O–H groups in total. The highest BCUT2D eigenvalue weighted by Gasteiger charge is 2.54. The summed E-state index contributed by atoms with van der Waals surface area (Å²) in [7, 11) is 0. The number of nitrogens with two attached hydrogens (primary N) is 1. The van der Waals surface area contributed by atoms with Crippen LogP contribution in [-0.4, -0.2) is 5.54 Å². The predicted molar refractivity (Wildman–Crippen MR) is 61.1 cm³/mol. The highest BCUT2D eigenvalue weighted by molar-refractivity contribution is 5.11. The molecule has 2 saturated carbocycles. The van der Waals surface area contributed by atoms with E-state index in [2.05, 4.69) is 13.8 Å². The van der Waals surface area contributed by atoms with Gasteiger partial charge in [-0.1, -0.05) is 39.5 Å². The highest BCUT2D eigenvalue weighted by Crippen LogP contribution is 2.53. The average Bonchev–Trinajstić information content (AvgIpc) is 2.91. The van der Waals surface area contributed by atoms with Crippen molar-refractivity contribution in [1.82, 2.24) is 0 Å². The molecule has 14 heavy (non-hydrogen) atoms. The van der Waals surface area contributed by atoms with Gasteiger partial charge in [0, 0.05) is 5.54 Å². The third-order valence-electron chi connectivity index (χ3n) is 4.88. The van der Waals surface area contributed by atoms with Gasteiger partial charge >= 0.3 is 0 Å². The molecule has 2 aliphatic carbocycles. The normalized spacial score (nSPS) is 47.8. The van der Waals surface area contributed by atoms with Crippen LogP contribution in [0, 0.1) is 17.8 Å². The van der Waals surface area contributed by atoms with Crippen LogP contribution in [0.3, 0.4) is 0 Å². The molecule has 2 unspecified atom stereocenters. The fourth-order valence-corrected chi connectivity index (χ4v) is 3.50. The summed E-state index contributed by atoms with van der Waals surface area (Å²) >= 11 is 0. The Kier molecular flexibility index (Phi) is 2.88. The lowest BCUT2D eigenvalue weighted by Gasteiger charge is -2.32. The SMILES string of the molecule is CCC1CCC(C2(N)CC2CC)CC1. The van der Waals surface area contributed by atoms with Gasteiger partial charge < -0.3 is 5.73 Å². The zero-order chi connectivity index (χ0) is 10.2. The van der Waals surface area contributed by atoms with Crippen molar-refractivity contribution >= 4 is 0 Å². The van der Waals surface area contributed by atoms with Crippen molar-refractivity contribution < 1.29 is 0 Å². The maximum absolute atomic E-state index is 6.46. The average molecular weight is 195 g/mol. The van der Waals surface area contributed by atoms with Crippen molar-refractivity contribution in [3.05, 3.63) is 0 Å². The maximum atomic E-state index is 6.46. The van der Waals surface area contributed by atoms with E-state index in [9.17, 15) is 0 Å². The number of hydrogen-bond acceptors (Lipinski definition) is 1. The van der Waals surface area contributed by atoms with Crippen LogP contribution < -0.4 is 5.73 Å². The van der Waals surface area contributed by atoms with Crippen LogP contribution in [0.25, 0.3) is 0 Å². The molecule has 1 heteroatoms. The van der Waals surface area contributed by atoms with E-state index in [4.69, 9.17) is 5.73 Å². The minimum atomic E-state index is 0.271. The van der Waals surface area contributed by atoms with Crippen molar-refractivity contribution in [2.45, 2.75) is 64.3 Å². The molecule has 0 saturated heterocycles. The van der Waals surface area contributed by atoms with Crippen LogP contribution in [0.15, 0.2) is 0 Å². The number of hydrogen-bond donors (Lipinski definition) is 1. The molecule has 0 bridgehead atoms. The number of rotatable bonds is 3. The third-order valence-corrected chi connectivity index (χ3v) is 4.88. The molecule has 0 heterocycles. The standard InChI is InChI=1S/C13H25N/c1-3-10-5-7-12(8-6-10)13(14)9-11(13)4-2/h10-12H,3-9,14H2,1-2H3. The summed E-state index contributed by atoms with van der Waals surface area (Å²) in [4.78, 5) is 0. The summed E-state index contributed by atoms with van der Waals surface area (Å²) in [5.41, 5.74) is 6.73. The lowest BCUT2D eigenvalue weighted by Crippen LogP contribution is -2.37. The first-order chi connectivity index (χ1) is 6.70. The maximum Gasteiger partial charge on any atom is 0.0215 e. The molecule has 1 nitrogen and oxygen atoms in total. The van der Waals surface area contributed by atoms with Crippen LogP contribution in [-0.2, 0) is 0 Å². The molecular weight excluding hydrogens is 170 g/mol. The summed E-state index contributed by atoms with van der Waals surface area (Å²) in [5, 5.41) is 0. The molecule has 0 radical (unpaired) electrons. The molecule has 2 aliphatic rings. The zero-order valence-electron chi connectivity index (χ0n) is 9.76. The van der Waals surface area contributed by atoms with E-state index in [0.29, 0.717) is 0 Å². The van der Waals surface area contributed by atoms with Crippen LogP contribution >= 0.6 is 0 Å². The molecule has 0 aromatic heterocycles. The van der Waals surface area contributed by atoms with Gasteiger partial charge in [0.25, 0.3) is 0 Å². The topological polar surface area (TPSA) is 26.0 Å². The molecule has 0 aliphatic heterocycles. The highest BCUT2D eigenvalue weighted by atomic mass is 14.9. The van der Waals surface area contributed by atoms with Crippen molar-refractivity contribution in [2.24, 2.45) is 23.5 Å². The molecule has 2 fully saturated rings. The van der Waals surface area contributed by atoms with Gasteiger partial charge in [0.2, 0.25) is 0 Å². The quantitative estimate of drug-likeness (QED) is 0.734.